The van der Waals surface area contributed by atoms with Crippen LogP contribution in [-0.4, -0.2) is 48.8 Å². The lowest BCUT2D eigenvalue weighted by atomic mass is 10.0. The van der Waals surface area contributed by atoms with E-state index in [0.717, 1.165) is 0 Å². The minimum absolute atomic E-state index is 0.0804. The number of rotatable bonds is 6. The van der Waals surface area contributed by atoms with Gasteiger partial charge in [0.1, 0.15) is 0 Å². The first-order valence-corrected chi connectivity index (χ1v) is 5.48. The summed E-state index contributed by atoms with van der Waals surface area (Å²) in [7, 11) is 3.30. The van der Waals surface area contributed by atoms with Crippen LogP contribution >= 0.6 is 0 Å². The predicted molar refractivity (Wildman–Crippen MR) is 64.2 cm³/mol. The Morgan fingerprint density at radius 1 is 1.50 bits per heavy atom. The second-order valence-corrected chi connectivity index (χ2v) is 4.43. The van der Waals surface area contributed by atoms with Crippen molar-refractivity contribution >= 4 is 5.97 Å². The fraction of sp³-hybridized carbons (Fsp3) is 0.750. The Morgan fingerprint density at radius 3 is 2.44 bits per heavy atom. The van der Waals surface area contributed by atoms with Gasteiger partial charge in [-0.1, -0.05) is 13.0 Å². The topological polar surface area (TPSA) is 49.8 Å². The van der Waals surface area contributed by atoms with Crippen molar-refractivity contribution < 1.29 is 14.6 Å². The molecule has 16 heavy (non-hydrogen) atoms. The predicted octanol–water partition coefficient (Wildman–Crippen LogP) is 1.20. The standard InChI is InChI=1S/C12H23NO3/c1-6-10(11(15)16-5)7-8-13(4)12(2,3)9-14/h7,14H,6,8-9H2,1-5H3. The van der Waals surface area contributed by atoms with Crippen molar-refractivity contribution in [2.75, 3.05) is 27.3 Å². The number of hydrogen-bond acceptors (Lipinski definition) is 4. The van der Waals surface area contributed by atoms with Crippen LogP contribution in [0.5, 0.6) is 0 Å². The number of carbonyl (C=O) groups excluding carboxylic acids is 1. The summed E-state index contributed by atoms with van der Waals surface area (Å²) in [6, 6.07) is 0. The average molecular weight is 229 g/mol. The van der Waals surface area contributed by atoms with E-state index in [1.54, 1.807) is 0 Å². The lowest BCUT2D eigenvalue weighted by Crippen LogP contribution is -2.44. The summed E-state index contributed by atoms with van der Waals surface area (Å²) >= 11 is 0. The number of methoxy groups -OCH3 is 1. The first-order valence-electron chi connectivity index (χ1n) is 5.48. The molecule has 0 aromatic heterocycles. The van der Waals surface area contributed by atoms with Gasteiger partial charge in [0.2, 0.25) is 0 Å². The van der Waals surface area contributed by atoms with E-state index in [1.165, 1.54) is 7.11 Å². The molecule has 4 heteroatoms. The molecule has 0 aliphatic rings. The number of nitrogens with zero attached hydrogens (tertiary/aromatic N) is 1. The van der Waals surface area contributed by atoms with Crippen molar-refractivity contribution in [3.8, 4) is 0 Å². The summed E-state index contributed by atoms with van der Waals surface area (Å²) in [6.07, 6.45) is 2.50. The molecule has 0 fully saturated rings. The summed E-state index contributed by atoms with van der Waals surface area (Å²) in [4.78, 5) is 13.3. The molecule has 0 rings (SSSR count). The molecule has 0 amide bonds. The molecule has 94 valence electrons. The lowest BCUT2D eigenvalue weighted by Gasteiger charge is -2.33. The van der Waals surface area contributed by atoms with Crippen molar-refractivity contribution in [2.24, 2.45) is 0 Å². The van der Waals surface area contributed by atoms with E-state index in [2.05, 4.69) is 4.74 Å². The SMILES string of the molecule is CCC(=CCN(C)C(C)(C)CO)C(=O)OC. The highest BCUT2D eigenvalue weighted by atomic mass is 16.5. The zero-order chi connectivity index (χ0) is 12.8. The lowest BCUT2D eigenvalue weighted by molar-refractivity contribution is -0.136. The molecule has 0 saturated heterocycles. The van der Waals surface area contributed by atoms with Crippen LogP contribution in [0.25, 0.3) is 0 Å². The van der Waals surface area contributed by atoms with Crippen LogP contribution < -0.4 is 0 Å². The third-order valence-electron chi connectivity index (χ3n) is 2.86. The Morgan fingerprint density at radius 2 is 2.06 bits per heavy atom. The van der Waals surface area contributed by atoms with Crippen LogP contribution in [0.2, 0.25) is 0 Å². The van der Waals surface area contributed by atoms with E-state index >= 15 is 0 Å². The highest BCUT2D eigenvalue weighted by Gasteiger charge is 2.21. The number of hydrogen-bond donors (Lipinski definition) is 1. The highest BCUT2D eigenvalue weighted by molar-refractivity contribution is 5.88. The van der Waals surface area contributed by atoms with Gasteiger partial charge in [-0.25, -0.2) is 4.79 Å². The average Bonchev–Trinajstić information content (AvgIpc) is 2.28. The van der Waals surface area contributed by atoms with Gasteiger partial charge in [0, 0.05) is 17.7 Å². The summed E-state index contributed by atoms with van der Waals surface area (Å²) in [5.41, 5.74) is 0.383. The number of esters is 1. The van der Waals surface area contributed by atoms with Crippen LogP contribution in [-0.2, 0) is 9.53 Å². The Hall–Kier alpha value is -0.870. The van der Waals surface area contributed by atoms with Gasteiger partial charge in [-0.3, -0.25) is 4.90 Å². The molecule has 0 aromatic rings. The minimum Gasteiger partial charge on any atom is -0.466 e. The fourth-order valence-corrected chi connectivity index (χ4v) is 1.12. The molecule has 1 N–H and O–H groups in total. The van der Waals surface area contributed by atoms with E-state index in [-0.39, 0.29) is 18.1 Å². The van der Waals surface area contributed by atoms with Gasteiger partial charge in [0.15, 0.2) is 0 Å². The summed E-state index contributed by atoms with van der Waals surface area (Å²) in [5, 5.41) is 9.19. The maximum Gasteiger partial charge on any atom is 0.333 e. The van der Waals surface area contributed by atoms with E-state index < -0.39 is 0 Å². The molecule has 0 atom stereocenters. The Kier molecular flexibility index (Phi) is 6.29. The molecule has 0 saturated carbocycles. The number of aliphatic hydroxyl groups excluding tert-OH is 1. The number of aliphatic hydroxyl groups is 1. The number of likely N-dealkylation sites (N-methyl/N-ethyl adjacent to an activating group) is 1. The first-order chi connectivity index (χ1) is 7.38. The Bertz CT molecular complexity index is 259. The normalized spacial score (nSPS) is 13.1. The van der Waals surface area contributed by atoms with Gasteiger partial charge in [0.25, 0.3) is 0 Å². The van der Waals surface area contributed by atoms with Crippen molar-refractivity contribution in [1.29, 1.82) is 0 Å². The number of carbonyl (C=O) groups is 1. The smallest absolute Gasteiger partial charge is 0.333 e. The van der Waals surface area contributed by atoms with Crippen molar-refractivity contribution in [1.82, 2.24) is 4.90 Å². The maximum atomic E-state index is 11.3. The summed E-state index contributed by atoms with van der Waals surface area (Å²) in [5.74, 6) is -0.280. The van der Waals surface area contributed by atoms with Gasteiger partial charge >= 0.3 is 5.97 Å². The second kappa shape index (κ2) is 6.66. The van der Waals surface area contributed by atoms with Gasteiger partial charge < -0.3 is 9.84 Å². The second-order valence-electron chi connectivity index (χ2n) is 4.43. The number of ether oxygens (including phenoxy) is 1. The van der Waals surface area contributed by atoms with Crippen LogP contribution in [0.1, 0.15) is 27.2 Å². The summed E-state index contributed by atoms with van der Waals surface area (Å²) in [6.45, 7) is 6.51. The van der Waals surface area contributed by atoms with Crippen LogP contribution in [0, 0.1) is 0 Å². The van der Waals surface area contributed by atoms with Crippen molar-refractivity contribution in [3.63, 3.8) is 0 Å². The van der Waals surface area contributed by atoms with Crippen LogP contribution in [0.3, 0.4) is 0 Å². The summed E-state index contributed by atoms with van der Waals surface area (Å²) < 4.78 is 4.67. The van der Waals surface area contributed by atoms with Crippen LogP contribution in [0.15, 0.2) is 11.6 Å². The highest BCUT2D eigenvalue weighted by Crippen LogP contribution is 2.12. The van der Waals surface area contributed by atoms with E-state index in [1.807, 2.05) is 38.8 Å². The largest absolute Gasteiger partial charge is 0.466 e. The zero-order valence-electron chi connectivity index (χ0n) is 10.9. The monoisotopic (exact) mass is 229 g/mol. The van der Waals surface area contributed by atoms with Gasteiger partial charge in [-0.15, -0.1) is 0 Å². The molecule has 0 bridgehead atoms. The molecule has 0 aliphatic heterocycles. The molecule has 0 heterocycles. The third-order valence-corrected chi connectivity index (χ3v) is 2.86. The van der Waals surface area contributed by atoms with Crippen molar-refractivity contribution in [3.05, 3.63) is 11.6 Å². The van der Waals surface area contributed by atoms with Gasteiger partial charge in [0.05, 0.1) is 13.7 Å². The molecule has 0 spiro atoms. The zero-order valence-corrected chi connectivity index (χ0v) is 10.9. The molecule has 4 nitrogen and oxygen atoms in total. The van der Waals surface area contributed by atoms with Crippen molar-refractivity contribution in [2.45, 2.75) is 32.7 Å². The fourth-order valence-electron chi connectivity index (χ4n) is 1.12. The Balaban J connectivity index is 4.50. The van der Waals surface area contributed by atoms with Gasteiger partial charge in [-0.2, -0.15) is 0 Å². The van der Waals surface area contributed by atoms with E-state index in [9.17, 15) is 9.90 Å². The van der Waals surface area contributed by atoms with Gasteiger partial charge in [-0.05, 0) is 27.3 Å². The molecule has 0 unspecified atom stereocenters. The van der Waals surface area contributed by atoms with E-state index in [4.69, 9.17) is 0 Å². The van der Waals surface area contributed by atoms with Crippen LogP contribution in [0.4, 0.5) is 0 Å². The third kappa shape index (κ3) is 4.33. The van der Waals surface area contributed by atoms with E-state index in [0.29, 0.717) is 18.5 Å². The molecule has 0 aromatic carbocycles. The molecular formula is C12H23NO3. The Labute approximate surface area is 97.9 Å². The molecular weight excluding hydrogens is 206 g/mol. The molecule has 0 aliphatic carbocycles. The maximum absolute atomic E-state index is 11.3. The quantitative estimate of drug-likeness (QED) is 0.549. The minimum atomic E-state index is -0.286. The molecule has 0 radical (unpaired) electrons. The first kappa shape index (κ1) is 15.1.